The second-order valence-corrected chi connectivity index (χ2v) is 5.37. The topological polar surface area (TPSA) is 56.5 Å². The lowest BCUT2D eigenvalue weighted by Gasteiger charge is -2.21. The number of hydrogen-bond donors (Lipinski definition) is 1. The first-order valence-corrected chi connectivity index (χ1v) is 7.32. The lowest BCUT2D eigenvalue weighted by atomic mass is 10.2. The molecule has 0 saturated carbocycles. The molecule has 0 fully saturated rings. The molecule has 0 radical (unpaired) electrons. The summed E-state index contributed by atoms with van der Waals surface area (Å²) in [6.07, 6.45) is -0.737. The molecular formula is C18H19FN2O2. The first-order chi connectivity index (χ1) is 11.1. The van der Waals surface area contributed by atoms with Crippen LogP contribution in [0.1, 0.15) is 11.1 Å². The molecular weight excluding hydrogens is 295 g/mol. The maximum Gasteiger partial charge on any atom is 0.144 e. The summed E-state index contributed by atoms with van der Waals surface area (Å²) in [5.74, 6) is -0.474. The Morgan fingerprint density at radius 1 is 1.22 bits per heavy atom. The standard InChI is InChI=1S/C18H19FN2O2/c1-21(11-14-6-3-2-4-7-14)12-15(22)13-23-18-9-5-8-17(19)16(18)10-20/h2-9,15,22H,11-13H2,1H3. The molecule has 0 aliphatic rings. The largest absolute Gasteiger partial charge is 0.489 e. The summed E-state index contributed by atoms with van der Waals surface area (Å²) in [6.45, 7) is 1.12. The van der Waals surface area contributed by atoms with E-state index in [1.54, 1.807) is 6.07 Å². The molecule has 0 aliphatic carbocycles. The van der Waals surface area contributed by atoms with Crippen molar-refractivity contribution in [3.8, 4) is 11.8 Å². The minimum Gasteiger partial charge on any atom is -0.489 e. The third-order valence-corrected chi connectivity index (χ3v) is 3.34. The minimum absolute atomic E-state index is 0.00272. The fourth-order valence-electron chi connectivity index (χ4n) is 2.29. The maximum atomic E-state index is 13.5. The van der Waals surface area contributed by atoms with E-state index in [4.69, 9.17) is 10.00 Å². The van der Waals surface area contributed by atoms with E-state index in [2.05, 4.69) is 0 Å². The van der Waals surface area contributed by atoms with E-state index >= 15 is 0 Å². The van der Waals surface area contributed by atoms with Crippen molar-refractivity contribution < 1.29 is 14.2 Å². The average Bonchev–Trinajstić information content (AvgIpc) is 2.53. The zero-order chi connectivity index (χ0) is 16.7. The monoisotopic (exact) mass is 314 g/mol. The van der Waals surface area contributed by atoms with E-state index in [1.807, 2.05) is 42.3 Å². The van der Waals surface area contributed by atoms with Crippen LogP contribution in [0.3, 0.4) is 0 Å². The minimum atomic E-state index is -0.737. The van der Waals surface area contributed by atoms with Gasteiger partial charge >= 0.3 is 0 Å². The third-order valence-electron chi connectivity index (χ3n) is 3.34. The zero-order valence-corrected chi connectivity index (χ0v) is 12.9. The van der Waals surface area contributed by atoms with Crippen molar-refractivity contribution in [1.29, 1.82) is 5.26 Å². The Morgan fingerprint density at radius 2 is 1.96 bits per heavy atom. The van der Waals surface area contributed by atoms with Crippen LogP contribution >= 0.6 is 0 Å². The average molecular weight is 314 g/mol. The van der Waals surface area contributed by atoms with E-state index in [0.717, 1.165) is 5.56 Å². The van der Waals surface area contributed by atoms with Crippen LogP contribution < -0.4 is 4.74 Å². The number of nitriles is 1. The van der Waals surface area contributed by atoms with Gasteiger partial charge in [-0.25, -0.2) is 4.39 Å². The number of ether oxygens (including phenoxy) is 1. The smallest absolute Gasteiger partial charge is 0.144 e. The van der Waals surface area contributed by atoms with Crippen LogP contribution in [0.5, 0.6) is 5.75 Å². The van der Waals surface area contributed by atoms with Crippen molar-refractivity contribution in [3.63, 3.8) is 0 Å². The highest BCUT2D eigenvalue weighted by molar-refractivity contribution is 5.43. The Balaban J connectivity index is 1.85. The molecule has 0 heterocycles. The van der Waals surface area contributed by atoms with Gasteiger partial charge < -0.3 is 9.84 Å². The number of rotatable bonds is 7. The Labute approximate surface area is 135 Å². The molecule has 1 N–H and O–H groups in total. The number of halogens is 1. The lowest BCUT2D eigenvalue weighted by Crippen LogP contribution is -2.32. The normalized spacial score (nSPS) is 12.0. The first-order valence-electron chi connectivity index (χ1n) is 7.32. The highest BCUT2D eigenvalue weighted by Gasteiger charge is 2.13. The summed E-state index contributed by atoms with van der Waals surface area (Å²) in [5, 5.41) is 19.0. The lowest BCUT2D eigenvalue weighted by molar-refractivity contribution is 0.0741. The summed E-state index contributed by atoms with van der Waals surface area (Å²) in [5.41, 5.74) is 1.01. The summed E-state index contributed by atoms with van der Waals surface area (Å²) in [4.78, 5) is 1.97. The highest BCUT2D eigenvalue weighted by atomic mass is 19.1. The van der Waals surface area contributed by atoms with Gasteiger partial charge in [-0.1, -0.05) is 36.4 Å². The number of likely N-dealkylation sites (N-methyl/N-ethyl adjacent to an activating group) is 1. The predicted molar refractivity (Wildman–Crippen MR) is 85.4 cm³/mol. The van der Waals surface area contributed by atoms with Crippen LogP contribution in [0.25, 0.3) is 0 Å². The Kier molecular flexibility index (Phi) is 6.10. The molecule has 120 valence electrons. The molecule has 4 nitrogen and oxygen atoms in total. The van der Waals surface area contributed by atoms with Crippen LogP contribution in [-0.2, 0) is 6.54 Å². The molecule has 0 aromatic heterocycles. The van der Waals surface area contributed by atoms with Crippen LogP contribution in [0.15, 0.2) is 48.5 Å². The summed E-state index contributed by atoms with van der Waals surface area (Å²) >= 11 is 0. The third kappa shape index (κ3) is 5.06. The molecule has 1 atom stereocenters. The van der Waals surface area contributed by atoms with Crippen molar-refractivity contribution in [1.82, 2.24) is 4.90 Å². The second kappa shape index (κ2) is 8.28. The Bertz CT molecular complexity index is 670. The van der Waals surface area contributed by atoms with Gasteiger partial charge in [-0.15, -0.1) is 0 Å². The van der Waals surface area contributed by atoms with E-state index in [0.29, 0.717) is 13.1 Å². The molecule has 1 unspecified atom stereocenters. The first kappa shape index (κ1) is 16.9. The van der Waals surface area contributed by atoms with Crippen molar-refractivity contribution >= 4 is 0 Å². The van der Waals surface area contributed by atoms with E-state index in [1.165, 1.54) is 18.2 Å². The molecule has 23 heavy (non-hydrogen) atoms. The number of nitrogens with zero attached hydrogens (tertiary/aromatic N) is 2. The molecule has 2 aromatic carbocycles. The number of aliphatic hydroxyl groups is 1. The van der Waals surface area contributed by atoms with Gasteiger partial charge in [0.25, 0.3) is 0 Å². The van der Waals surface area contributed by atoms with Gasteiger partial charge in [0.05, 0.1) is 0 Å². The highest BCUT2D eigenvalue weighted by Crippen LogP contribution is 2.20. The van der Waals surface area contributed by atoms with Crippen molar-refractivity contribution in [2.75, 3.05) is 20.2 Å². The molecule has 0 aliphatic heterocycles. The fourth-order valence-corrected chi connectivity index (χ4v) is 2.29. The predicted octanol–water partition coefficient (Wildman–Crippen LogP) is 2.57. The maximum absolute atomic E-state index is 13.5. The summed E-state index contributed by atoms with van der Waals surface area (Å²) in [7, 11) is 1.90. The summed E-state index contributed by atoms with van der Waals surface area (Å²) < 4.78 is 18.8. The van der Waals surface area contributed by atoms with E-state index < -0.39 is 11.9 Å². The number of aliphatic hydroxyl groups excluding tert-OH is 1. The van der Waals surface area contributed by atoms with Gasteiger partial charge in [-0.2, -0.15) is 5.26 Å². The quantitative estimate of drug-likeness (QED) is 0.853. The van der Waals surface area contributed by atoms with Crippen LogP contribution in [-0.4, -0.2) is 36.3 Å². The summed E-state index contributed by atoms with van der Waals surface area (Å²) in [6, 6.07) is 15.9. The molecule has 2 rings (SSSR count). The van der Waals surface area contributed by atoms with Crippen molar-refractivity contribution in [2.24, 2.45) is 0 Å². The number of hydrogen-bond acceptors (Lipinski definition) is 4. The van der Waals surface area contributed by atoms with E-state index in [9.17, 15) is 9.50 Å². The van der Waals surface area contributed by atoms with Crippen molar-refractivity contribution in [2.45, 2.75) is 12.6 Å². The van der Waals surface area contributed by atoms with Gasteiger partial charge in [-0.3, -0.25) is 4.90 Å². The number of benzene rings is 2. The van der Waals surface area contributed by atoms with Gasteiger partial charge in [0.2, 0.25) is 0 Å². The van der Waals surface area contributed by atoms with Gasteiger partial charge in [0.15, 0.2) is 0 Å². The van der Waals surface area contributed by atoms with E-state index in [-0.39, 0.29) is 17.9 Å². The van der Waals surface area contributed by atoms with Gasteiger partial charge in [0, 0.05) is 13.1 Å². The Hall–Kier alpha value is -2.42. The van der Waals surface area contributed by atoms with Crippen molar-refractivity contribution in [3.05, 3.63) is 65.5 Å². The molecule has 0 spiro atoms. The zero-order valence-electron chi connectivity index (χ0n) is 12.9. The molecule has 2 aromatic rings. The van der Waals surface area contributed by atoms with Crippen LogP contribution in [0.2, 0.25) is 0 Å². The van der Waals surface area contributed by atoms with Gasteiger partial charge in [-0.05, 0) is 24.7 Å². The molecule has 5 heteroatoms. The fraction of sp³-hybridized carbons (Fsp3) is 0.278. The SMILES string of the molecule is CN(Cc1ccccc1)CC(O)COc1cccc(F)c1C#N. The van der Waals surface area contributed by atoms with Gasteiger partial charge in [0.1, 0.15) is 35.9 Å². The Morgan fingerprint density at radius 3 is 2.65 bits per heavy atom. The molecule has 0 saturated heterocycles. The van der Waals surface area contributed by atoms with Crippen LogP contribution in [0.4, 0.5) is 4.39 Å². The van der Waals surface area contributed by atoms with Crippen LogP contribution in [0, 0.1) is 17.1 Å². The molecule has 0 bridgehead atoms. The molecule has 0 amide bonds. The second-order valence-electron chi connectivity index (χ2n) is 5.37.